The average Bonchev–Trinajstić information content (AvgIpc) is 0.760. The van der Waals surface area contributed by atoms with Gasteiger partial charge in [0, 0.05) is 6.42 Å². The summed E-state index contributed by atoms with van der Waals surface area (Å²) in [6, 6.07) is -1.00. The van der Waals surface area contributed by atoms with Gasteiger partial charge in [0.15, 0.2) is 18.9 Å². The molecule has 0 aromatic rings. The summed E-state index contributed by atoms with van der Waals surface area (Å²) in [5, 5.41) is 121. The van der Waals surface area contributed by atoms with Gasteiger partial charge in [-0.2, -0.15) is 0 Å². The zero-order chi connectivity index (χ0) is 78.8. The molecule has 3 aliphatic heterocycles. The van der Waals surface area contributed by atoms with E-state index in [1.807, 2.05) is 6.08 Å². The summed E-state index contributed by atoms with van der Waals surface area (Å²) in [4.78, 5) is 13.5. The van der Waals surface area contributed by atoms with Crippen molar-refractivity contribution in [1.29, 1.82) is 0 Å². The van der Waals surface area contributed by atoms with Gasteiger partial charge in [0.05, 0.1) is 38.6 Å². The highest BCUT2D eigenvalue weighted by atomic mass is 16.8. The summed E-state index contributed by atoms with van der Waals surface area (Å²) in [5.41, 5.74) is 0. The lowest BCUT2D eigenvalue weighted by atomic mass is 9.96. The molecule has 3 heterocycles. The van der Waals surface area contributed by atoms with Gasteiger partial charge >= 0.3 is 0 Å². The summed E-state index contributed by atoms with van der Waals surface area (Å²) in [6.07, 6.45) is 73.6. The maximum atomic E-state index is 13.5. The highest BCUT2D eigenvalue weighted by Crippen LogP contribution is 2.33. The Hall–Kier alpha value is -4.59. The lowest BCUT2D eigenvalue weighted by molar-refractivity contribution is -0.379. The van der Waals surface area contributed by atoms with E-state index in [1.165, 1.54) is 116 Å². The first kappa shape index (κ1) is 98.6. The van der Waals surface area contributed by atoms with Gasteiger partial charge in [0.1, 0.15) is 73.2 Å². The molecule has 17 unspecified atom stereocenters. The van der Waals surface area contributed by atoms with Crippen LogP contribution in [0, 0.1) is 0 Å². The van der Waals surface area contributed by atoms with Crippen LogP contribution >= 0.6 is 0 Å². The number of allylic oxidation sites excluding steroid dienone is 25. The number of aliphatic hydroxyl groups is 11. The van der Waals surface area contributed by atoms with E-state index in [-0.39, 0.29) is 18.9 Å². The van der Waals surface area contributed by atoms with Gasteiger partial charge in [-0.15, -0.1) is 0 Å². The van der Waals surface area contributed by atoms with E-state index in [2.05, 4.69) is 165 Å². The van der Waals surface area contributed by atoms with Crippen LogP contribution in [0.1, 0.15) is 271 Å². The molecular weight excluding hydrogens is 1380 g/mol. The Morgan fingerprint density at radius 3 is 0.991 bits per heavy atom. The van der Waals surface area contributed by atoms with Crippen molar-refractivity contribution >= 4 is 5.91 Å². The number of carbonyl (C=O) groups excluding carboxylic acids is 1. The summed E-state index contributed by atoms with van der Waals surface area (Å²) in [6.45, 7) is 1.61. The molecule has 0 spiro atoms. The summed E-state index contributed by atoms with van der Waals surface area (Å²) >= 11 is 0. The molecule has 0 saturated carbocycles. The monoisotopic (exact) mass is 1530 g/mol. The number of nitrogens with one attached hydrogen (secondary N) is 1. The Morgan fingerprint density at radius 2 is 0.633 bits per heavy atom. The minimum Gasteiger partial charge on any atom is -0.394 e. The van der Waals surface area contributed by atoms with Crippen molar-refractivity contribution in [2.45, 2.75) is 375 Å². The van der Waals surface area contributed by atoms with Gasteiger partial charge in [-0.25, -0.2) is 0 Å². The quantitative estimate of drug-likeness (QED) is 0.0199. The standard InChI is InChI=1S/C90H149NO18/c1-3-5-7-9-11-13-15-17-19-21-23-25-27-28-29-30-31-32-33-34-35-36-37-38-39-40-41-42-43-44-46-48-50-52-54-56-58-60-62-64-66-68-78(96)91-73(74(95)67-65-63-61-59-57-55-53-51-49-47-45-26-24-22-20-18-16-14-12-10-8-6-4-2)72-104-88-84(102)81(99)86(76(70-93)106-88)109-90-85(103)82(100)87(77(71-94)107-90)108-89-83(101)80(98)79(97)75(69-92)105-89/h5,7,11,13,17,19,23,25,28-29,31-32,34-35,37-38,40-41,43-44,48,50,54,56,65,67,73-77,79-90,92-95,97-103H,3-4,6,8-10,12,14-16,18,20-22,24,26-27,30,33,36,39,42,45-47,49,51-53,55,57-64,66,68-72H2,1-2H3,(H,91,96)/b7-5-,13-11-,19-17-,25-23-,29-28-,32-31-,35-34-,38-37-,41-40-,44-43-,50-48-,56-54-,67-65+. The van der Waals surface area contributed by atoms with Crippen LogP contribution in [0.15, 0.2) is 158 Å². The van der Waals surface area contributed by atoms with Gasteiger partial charge in [-0.3, -0.25) is 4.79 Å². The van der Waals surface area contributed by atoms with E-state index in [0.717, 1.165) is 128 Å². The van der Waals surface area contributed by atoms with Crippen LogP contribution in [-0.2, 0) is 33.2 Å². The second-order valence-electron chi connectivity index (χ2n) is 29.2. The topological polar surface area (TPSA) is 307 Å². The summed E-state index contributed by atoms with van der Waals surface area (Å²) in [7, 11) is 0. The lowest BCUT2D eigenvalue weighted by Gasteiger charge is -2.48. The number of unbranched alkanes of at least 4 members (excludes halogenated alkanes) is 25. The molecule has 0 aromatic heterocycles. The van der Waals surface area contributed by atoms with E-state index in [9.17, 15) is 61.0 Å². The second-order valence-corrected chi connectivity index (χ2v) is 29.2. The van der Waals surface area contributed by atoms with Crippen LogP contribution < -0.4 is 5.32 Å². The highest BCUT2D eigenvalue weighted by Gasteiger charge is 2.54. The fourth-order valence-electron chi connectivity index (χ4n) is 13.1. The van der Waals surface area contributed by atoms with Crippen molar-refractivity contribution in [2.24, 2.45) is 0 Å². The van der Waals surface area contributed by atoms with Crippen molar-refractivity contribution in [1.82, 2.24) is 5.32 Å². The van der Waals surface area contributed by atoms with Crippen LogP contribution in [0.4, 0.5) is 0 Å². The SMILES string of the molecule is CC/C=C\C/C=C\C/C=C\C/C=C\C/C=C\C/C=C\C/C=C\C/C=C\C/C=C\C/C=C\C/C=C\C/C=C\CCCCCCC(=O)NC(COC1OC(CO)C(OC2OC(CO)C(OC3OC(CO)C(O)C(O)C3O)C(O)C2O)C(O)C1O)C(O)/C=C/CCCCCCCCCCCCCCCCCCCCCCC. The molecule has 12 N–H and O–H groups in total. The van der Waals surface area contributed by atoms with Crippen LogP contribution in [-0.4, -0.2) is 193 Å². The van der Waals surface area contributed by atoms with Gasteiger partial charge in [-0.1, -0.05) is 313 Å². The second kappa shape index (κ2) is 67.9. The molecule has 0 aliphatic carbocycles. The van der Waals surface area contributed by atoms with Gasteiger partial charge < -0.3 is 89.9 Å². The molecule has 19 nitrogen and oxygen atoms in total. The van der Waals surface area contributed by atoms with Gasteiger partial charge in [0.25, 0.3) is 0 Å². The molecule has 3 rings (SSSR count). The van der Waals surface area contributed by atoms with Crippen LogP contribution in [0.3, 0.4) is 0 Å². The first-order valence-corrected chi connectivity index (χ1v) is 42.2. The van der Waals surface area contributed by atoms with Gasteiger partial charge in [-0.05, 0) is 109 Å². The molecule has 3 saturated heterocycles. The Balaban J connectivity index is 1.37. The first-order chi connectivity index (χ1) is 53.3. The fourth-order valence-corrected chi connectivity index (χ4v) is 13.1. The third kappa shape index (κ3) is 47.0. The first-order valence-electron chi connectivity index (χ1n) is 42.2. The smallest absolute Gasteiger partial charge is 0.220 e. The number of amides is 1. The van der Waals surface area contributed by atoms with Gasteiger partial charge in [0.2, 0.25) is 5.91 Å². The minimum absolute atomic E-state index is 0.204. The van der Waals surface area contributed by atoms with Crippen molar-refractivity contribution in [3.63, 3.8) is 0 Å². The van der Waals surface area contributed by atoms with Crippen molar-refractivity contribution in [3.05, 3.63) is 158 Å². The molecule has 3 fully saturated rings. The number of ether oxygens (including phenoxy) is 6. The maximum absolute atomic E-state index is 13.5. The molecule has 0 radical (unpaired) electrons. The van der Waals surface area contributed by atoms with E-state index in [0.29, 0.717) is 6.42 Å². The zero-order valence-corrected chi connectivity index (χ0v) is 66.7. The molecule has 0 bridgehead atoms. The van der Waals surface area contributed by atoms with E-state index >= 15 is 0 Å². The number of aliphatic hydroxyl groups excluding tert-OH is 11. The highest BCUT2D eigenvalue weighted by molar-refractivity contribution is 5.76. The summed E-state index contributed by atoms with van der Waals surface area (Å²) < 4.78 is 34.4. The van der Waals surface area contributed by atoms with Crippen LogP contribution in [0.25, 0.3) is 0 Å². The number of hydrogen-bond donors (Lipinski definition) is 12. The fraction of sp³-hybridized carbons (Fsp3) is 0.700. The molecule has 0 aromatic carbocycles. The van der Waals surface area contributed by atoms with E-state index < -0.39 is 124 Å². The Kier molecular flexibility index (Phi) is 61.4. The third-order valence-corrected chi connectivity index (χ3v) is 19.8. The molecule has 3 aliphatic rings. The maximum Gasteiger partial charge on any atom is 0.220 e. The normalized spacial score (nSPS) is 26.1. The molecule has 622 valence electrons. The number of rotatable bonds is 65. The van der Waals surface area contributed by atoms with Crippen molar-refractivity contribution in [2.75, 3.05) is 26.4 Å². The Bertz CT molecular complexity index is 2590. The molecule has 17 atom stereocenters. The molecule has 1 amide bonds. The Labute approximate surface area is 656 Å². The minimum atomic E-state index is -1.99. The summed E-state index contributed by atoms with van der Waals surface area (Å²) in [5.74, 6) is -0.304. The third-order valence-electron chi connectivity index (χ3n) is 19.8. The predicted octanol–water partition coefficient (Wildman–Crippen LogP) is 15.2. The molecule has 19 heteroatoms. The zero-order valence-electron chi connectivity index (χ0n) is 66.7. The van der Waals surface area contributed by atoms with Crippen LogP contribution in [0.2, 0.25) is 0 Å². The largest absolute Gasteiger partial charge is 0.394 e. The molecular formula is C90H149NO18. The Morgan fingerprint density at radius 1 is 0.339 bits per heavy atom. The molecule has 109 heavy (non-hydrogen) atoms. The van der Waals surface area contributed by atoms with E-state index in [1.54, 1.807) is 6.08 Å². The lowest BCUT2D eigenvalue weighted by Crippen LogP contribution is -2.66. The average molecular weight is 1530 g/mol. The van der Waals surface area contributed by atoms with Crippen molar-refractivity contribution < 1.29 is 89.4 Å². The predicted molar refractivity (Wildman–Crippen MR) is 438 cm³/mol. The number of hydrogen-bond acceptors (Lipinski definition) is 18. The van der Waals surface area contributed by atoms with Crippen molar-refractivity contribution in [3.8, 4) is 0 Å². The van der Waals surface area contributed by atoms with E-state index in [4.69, 9.17) is 28.4 Å². The number of carbonyl (C=O) groups is 1. The van der Waals surface area contributed by atoms with Crippen LogP contribution in [0.5, 0.6) is 0 Å².